The molecule has 0 spiro atoms. The molecule has 0 saturated heterocycles. The number of hydrazone groups is 1. The van der Waals surface area contributed by atoms with Crippen molar-refractivity contribution in [1.82, 2.24) is 5.01 Å². The first-order valence-electron chi connectivity index (χ1n) is 9.64. The van der Waals surface area contributed by atoms with Crippen LogP contribution in [-0.2, 0) is 0 Å². The molecule has 0 aliphatic carbocycles. The molecular weight excluding hydrogens is 382 g/mol. The normalized spacial score (nSPS) is 19.4. The van der Waals surface area contributed by atoms with E-state index in [-0.39, 0.29) is 11.7 Å². The fourth-order valence-electron chi connectivity index (χ4n) is 4.00. The van der Waals surface area contributed by atoms with Crippen molar-refractivity contribution >= 4 is 11.4 Å². The van der Waals surface area contributed by atoms with Crippen molar-refractivity contribution in [1.29, 1.82) is 0 Å². The van der Waals surface area contributed by atoms with Crippen LogP contribution in [-0.4, -0.2) is 22.8 Å². The summed E-state index contributed by atoms with van der Waals surface area (Å²) in [7, 11) is 1.64. The lowest BCUT2D eigenvalue weighted by Gasteiger charge is -2.38. The van der Waals surface area contributed by atoms with Crippen LogP contribution in [0.3, 0.4) is 0 Å². The first-order valence-corrected chi connectivity index (χ1v) is 9.64. The highest BCUT2D eigenvalue weighted by molar-refractivity contribution is 6.02. The van der Waals surface area contributed by atoms with Gasteiger partial charge in [-0.1, -0.05) is 30.3 Å². The molecule has 0 radical (unpaired) electrons. The molecule has 3 aromatic rings. The van der Waals surface area contributed by atoms with Crippen LogP contribution in [0, 0.1) is 10.1 Å². The molecule has 150 valence electrons. The standard InChI is InChI=1S/C23H19N3O4/c1-29-18-11-9-15(10-12-18)20-14-21-19-7-2-3-8-22(19)30-23(25(21)24-20)16-5-4-6-17(13-16)26(27)28/h2-13,21,23H,14H2,1H3. The Morgan fingerprint density at radius 3 is 2.67 bits per heavy atom. The van der Waals surface area contributed by atoms with E-state index in [1.807, 2.05) is 59.6 Å². The molecule has 0 saturated carbocycles. The zero-order valence-electron chi connectivity index (χ0n) is 16.3. The van der Waals surface area contributed by atoms with E-state index in [1.165, 1.54) is 6.07 Å². The van der Waals surface area contributed by atoms with E-state index in [9.17, 15) is 10.1 Å². The number of rotatable bonds is 4. The molecule has 0 bridgehead atoms. The Balaban J connectivity index is 1.57. The highest BCUT2D eigenvalue weighted by Crippen LogP contribution is 2.47. The van der Waals surface area contributed by atoms with Gasteiger partial charge in [0.2, 0.25) is 6.23 Å². The second kappa shape index (κ2) is 7.18. The van der Waals surface area contributed by atoms with Gasteiger partial charge in [0.05, 0.1) is 23.8 Å². The van der Waals surface area contributed by atoms with Gasteiger partial charge in [-0.25, -0.2) is 5.01 Å². The second-order valence-corrected chi connectivity index (χ2v) is 7.24. The number of non-ortho nitro benzene ring substituents is 1. The molecule has 0 N–H and O–H groups in total. The molecule has 7 heteroatoms. The van der Waals surface area contributed by atoms with Crippen molar-refractivity contribution in [2.75, 3.05) is 7.11 Å². The van der Waals surface area contributed by atoms with Gasteiger partial charge >= 0.3 is 0 Å². The molecule has 7 nitrogen and oxygen atoms in total. The SMILES string of the molecule is COc1ccc(C2=NN3C(C2)c2ccccc2OC3c2cccc([N+](=O)[O-])c2)cc1. The van der Waals surface area contributed by atoms with Gasteiger partial charge in [-0.15, -0.1) is 0 Å². The summed E-state index contributed by atoms with van der Waals surface area (Å²) < 4.78 is 11.5. The number of hydrogen-bond acceptors (Lipinski definition) is 6. The summed E-state index contributed by atoms with van der Waals surface area (Å²) in [5.74, 6) is 1.57. The Kier molecular flexibility index (Phi) is 4.35. The van der Waals surface area contributed by atoms with Gasteiger partial charge in [0.15, 0.2) is 0 Å². The predicted octanol–water partition coefficient (Wildman–Crippen LogP) is 4.85. The van der Waals surface area contributed by atoms with E-state index < -0.39 is 11.2 Å². The first kappa shape index (κ1) is 18.2. The average molecular weight is 401 g/mol. The Hall–Kier alpha value is -3.87. The van der Waals surface area contributed by atoms with Crippen molar-refractivity contribution in [3.8, 4) is 11.5 Å². The topological polar surface area (TPSA) is 77.2 Å². The van der Waals surface area contributed by atoms with Crippen LogP contribution in [0.2, 0.25) is 0 Å². The van der Waals surface area contributed by atoms with E-state index in [4.69, 9.17) is 14.6 Å². The number of methoxy groups -OCH3 is 1. The number of nitrogens with zero attached hydrogens (tertiary/aromatic N) is 3. The van der Waals surface area contributed by atoms with Crippen LogP contribution >= 0.6 is 0 Å². The second-order valence-electron chi connectivity index (χ2n) is 7.24. The van der Waals surface area contributed by atoms with Gasteiger partial charge in [-0.3, -0.25) is 10.1 Å². The number of fused-ring (bicyclic) bond motifs is 3. The Morgan fingerprint density at radius 2 is 1.90 bits per heavy atom. The van der Waals surface area contributed by atoms with E-state index in [2.05, 4.69) is 0 Å². The maximum atomic E-state index is 11.3. The maximum Gasteiger partial charge on any atom is 0.269 e. The Morgan fingerprint density at radius 1 is 1.10 bits per heavy atom. The Labute approximate surface area is 173 Å². The van der Waals surface area contributed by atoms with Crippen LogP contribution < -0.4 is 9.47 Å². The van der Waals surface area contributed by atoms with Gasteiger partial charge in [-0.05, 0) is 35.9 Å². The van der Waals surface area contributed by atoms with Crippen molar-refractivity contribution < 1.29 is 14.4 Å². The first-order chi connectivity index (χ1) is 14.6. The summed E-state index contributed by atoms with van der Waals surface area (Å²) in [5.41, 5.74) is 3.75. The number of benzene rings is 3. The molecule has 0 amide bonds. The molecule has 3 aromatic carbocycles. The zero-order valence-corrected chi connectivity index (χ0v) is 16.3. The molecule has 2 unspecified atom stereocenters. The van der Waals surface area contributed by atoms with Gasteiger partial charge in [0.1, 0.15) is 11.5 Å². The summed E-state index contributed by atoms with van der Waals surface area (Å²) in [6.07, 6.45) is 0.179. The minimum atomic E-state index is -0.541. The minimum Gasteiger partial charge on any atom is -0.497 e. The molecule has 2 aliphatic rings. The quantitative estimate of drug-likeness (QED) is 0.462. The third kappa shape index (κ3) is 3.04. The lowest BCUT2D eigenvalue weighted by Crippen LogP contribution is -2.33. The summed E-state index contributed by atoms with van der Waals surface area (Å²) in [6.45, 7) is 0. The van der Waals surface area contributed by atoms with Crippen LogP contribution in [0.1, 0.15) is 35.4 Å². The van der Waals surface area contributed by atoms with Gasteiger partial charge in [0.25, 0.3) is 5.69 Å². The van der Waals surface area contributed by atoms with Crippen molar-refractivity contribution in [2.24, 2.45) is 5.10 Å². The van der Waals surface area contributed by atoms with E-state index in [0.29, 0.717) is 5.56 Å². The molecule has 0 aromatic heterocycles. The smallest absolute Gasteiger partial charge is 0.269 e. The molecule has 5 rings (SSSR count). The lowest BCUT2D eigenvalue weighted by molar-refractivity contribution is -0.385. The molecular formula is C23H19N3O4. The van der Waals surface area contributed by atoms with Crippen molar-refractivity contribution in [3.05, 3.63) is 99.6 Å². The number of hydrogen-bond donors (Lipinski definition) is 0. The monoisotopic (exact) mass is 401 g/mol. The van der Waals surface area contributed by atoms with E-state index in [1.54, 1.807) is 19.2 Å². The maximum absolute atomic E-state index is 11.3. The third-order valence-electron chi connectivity index (χ3n) is 5.49. The van der Waals surface area contributed by atoms with Crippen molar-refractivity contribution in [2.45, 2.75) is 18.7 Å². The van der Waals surface area contributed by atoms with Crippen LogP contribution in [0.5, 0.6) is 11.5 Å². The van der Waals surface area contributed by atoms with Crippen LogP contribution in [0.25, 0.3) is 0 Å². The van der Waals surface area contributed by atoms with Crippen LogP contribution in [0.4, 0.5) is 5.69 Å². The number of nitro groups is 1. The molecule has 2 atom stereocenters. The highest BCUT2D eigenvalue weighted by Gasteiger charge is 2.41. The molecule has 30 heavy (non-hydrogen) atoms. The largest absolute Gasteiger partial charge is 0.497 e. The Bertz CT molecular complexity index is 1140. The highest BCUT2D eigenvalue weighted by atomic mass is 16.6. The summed E-state index contributed by atoms with van der Waals surface area (Å²) >= 11 is 0. The van der Waals surface area contributed by atoms with E-state index in [0.717, 1.165) is 34.8 Å². The average Bonchev–Trinajstić information content (AvgIpc) is 3.24. The summed E-state index contributed by atoms with van der Waals surface area (Å²) in [4.78, 5) is 10.9. The van der Waals surface area contributed by atoms with Gasteiger partial charge < -0.3 is 9.47 Å². The number of ether oxygens (including phenoxy) is 2. The minimum absolute atomic E-state index is 0.00341. The molecule has 0 fully saturated rings. The predicted molar refractivity (Wildman–Crippen MR) is 112 cm³/mol. The summed E-state index contributed by atoms with van der Waals surface area (Å²) in [5, 5.41) is 18.1. The summed E-state index contributed by atoms with van der Waals surface area (Å²) in [6, 6.07) is 22.2. The molecule has 2 aliphatic heterocycles. The number of para-hydroxylation sites is 1. The fraction of sp³-hybridized carbons (Fsp3) is 0.174. The van der Waals surface area contributed by atoms with E-state index >= 15 is 0 Å². The van der Waals surface area contributed by atoms with Crippen LogP contribution in [0.15, 0.2) is 77.9 Å². The van der Waals surface area contributed by atoms with Crippen molar-refractivity contribution in [3.63, 3.8) is 0 Å². The third-order valence-corrected chi connectivity index (χ3v) is 5.49. The lowest BCUT2D eigenvalue weighted by atomic mass is 9.96. The van der Waals surface area contributed by atoms with Gasteiger partial charge in [0, 0.05) is 29.7 Å². The molecule has 2 heterocycles. The number of nitro benzene ring substituents is 1. The van der Waals surface area contributed by atoms with Gasteiger partial charge in [-0.2, -0.15) is 5.10 Å². The fourth-order valence-corrected chi connectivity index (χ4v) is 4.00. The zero-order chi connectivity index (χ0) is 20.7.